The molecule has 20 aromatic carbocycles. The van der Waals surface area contributed by atoms with Crippen molar-refractivity contribution in [2.45, 2.75) is 16.2 Å². The molecule has 6 aliphatic rings. The normalized spacial score (nSPS) is 13.5. The fourth-order valence-electron chi connectivity index (χ4n) is 22.6. The molecule has 22 aromatic rings. The molecule has 0 unspecified atom stereocenters. The average Bonchev–Trinajstić information content (AvgIpc) is 1.54. The van der Waals surface area contributed by atoms with E-state index in [0.29, 0.717) is 5.82 Å². The van der Waals surface area contributed by atoms with E-state index in [1.807, 2.05) is 115 Å². The number of fused-ring (bicyclic) bond motifs is 28. The molecule has 3 spiro atoms. The van der Waals surface area contributed by atoms with Gasteiger partial charge in [-0.05, 0) is 114 Å². The van der Waals surface area contributed by atoms with Gasteiger partial charge in [-0.15, -0.1) is 10.2 Å². The molecule has 0 saturated heterocycles. The maximum absolute atomic E-state index is 15.0. The summed E-state index contributed by atoms with van der Waals surface area (Å²) < 4.78 is 35.6. The van der Waals surface area contributed by atoms with E-state index in [4.69, 9.17) is 24.2 Å². The summed E-state index contributed by atoms with van der Waals surface area (Å²) in [6, 6.07) is 172. The Labute approximate surface area is 797 Å². The highest BCUT2D eigenvalue weighted by molar-refractivity contribution is 7.85. The summed E-state index contributed by atoms with van der Waals surface area (Å²) in [4.78, 5) is 10.2. The lowest BCUT2D eigenvalue weighted by Gasteiger charge is -2.40. The van der Waals surface area contributed by atoms with Crippen LogP contribution in [0, 0.1) is 0 Å². The van der Waals surface area contributed by atoms with Gasteiger partial charge >= 0.3 is 0 Å². The lowest BCUT2D eigenvalue weighted by molar-refractivity contribution is 0.438. The van der Waals surface area contributed by atoms with Crippen LogP contribution in [-0.4, -0.2) is 20.2 Å². The second-order valence-corrected chi connectivity index (χ2v) is 39.2. The van der Waals surface area contributed by atoms with Gasteiger partial charge in [0.25, 0.3) is 0 Å². The molecule has 0 radical (unpaired) electrons. The summed E-state index contributed by atoms with van der Waals surface area (Å²) in [5, 5.41) is 14.3. The summed E-state index contributed by atoms with van der Waals surface area (Å²) in [5.41, 5.74) is 33.1. The maximum Gasteiger partial charge on any atom is 0.171 e. The topological polar surface area (TPSA) is 96.3 Å². The number of hydrogen-bond donors (Lipinski definition) is 0. The van der Waals surface area contributed by atoms with Crippen molar-refractivity contribution in [1.29, 1.82) is 0 Å². The first-order valence-electron chi connectivity index (χ1n) is 46.4. The van der Waals surface area contributed by atoms with Gasteiger partial charge in [0.05, 0.1) is 27.5 Å². The van der Waals surface area contributed by atoms with Crippen molar-refractivity contribution in [2.75, 3.05) is 0 Å². The highest BCUT2D eigenvalue weighted by Crippen LogP contribution is 2.68. The van der Waals surface area contributed by atoms with Crippen LogP contribution < -0.4 is 30.1 Å². The summed E-state index contributed by atoms with van der Waals surface area (Å²) >= 11 is 1.61. The van der Waals surface area contributed by atoms with Gasteiger partial charge in [0, 0.05) is 93.6 Å². The van der Waals surface area contributed by atoms with Crippen LogP contribution in [0.3, 0.4) is 0 Å². The number of para-hydroxylation sites is 7. The quantitative estimate of drug-likeness (QED) is 0.125. The van der Waals surface area contributed by atoms with Crippen molar-refractivity contribution in [3.8, 4) is 145 Å². The minimum atomic E-state index is -3.08. The third-order valence-corrected chi connectivity index (χ3v) is 32.5. The van der Waals surface area contributed by atoms with Crippen LogP contribution in [-0.2, 0) is 20.8 Å². The van der Waals surface area contributed by atoms with Crippen molar-refractivity contribution in [2.24, 2.45) is 0 Å². The minimum Gasteiger partial charge on any atom is -0.456 e. The van der Waals surface area contributed by atoms with Crippen molar-refractivity contribution >= 4 is 45.3 Å². The molecule has 10 heteroatoms. The summed E-state index contributed by atoms with van der Waals surface area (Å²) in [5.74, 6) is 5.98. The van der Waals surface area contributed by atoms with Crippen LogP contribution in [0.15, 0.2) is 491 Å². The average molecular weight is 1790 g/mol. The SMILES string of the molecule is O=P(c1ccccc1)(c1ccccc1)c1ccc(-c2cccc3c2Oc2ccccc2C32c3ccccc3-c3ccccc32)cc1.c1ccc(-c2nc(-c3cccc(-c4cccc5c4Oc4ccccc4C54c5ccccc5-c5ccccc54)c3)nc3ccccc23)cc1.c1ccc(-c2nnc(-c3ccc(-c4cccc5c4Oc4ccccc4C54c5ccccc5-c5ccccc54)cc3)s2)cc1. The highest BCUT2D eigenvalue weighted by atomic mass is 32.1. The van der Waals surface area contributed by atoms with Gasteiger partial charge in [-0.1, -0.05) is 472 Å². The van der Waals surface area contributed by atoms with Gasteiger partial charge in [-0.2, -0.15) is 0 Å². The predicted molar refractivity (Wildman–Crippen MR) is 555 cm³/mol. The van der Waals surface area contributed by atoms with Gasteiger partial charge in [-0.3, -0.25) is 0 Å². The Morgan fingerprint density at radius 1 is 0.212 bits per heavy atom. The molecule has 0 atom stereocenters. The molecule has 0 saturated carbocycles. The van der Waals surface area contributed by atoms with Crippen molar-refractivity contribution in [1.82, 2.24) is 20.2 Å². The van der Waals surface area contributed by atoms with E-state index in [1.54, 1.807) is 11.3 Å². The molecule has 0 fully saturated rings. The Bertz CT molecular complexity index is 8440. The Kier molecular flexibility index (Phi) is 19.3. The summed E-state index contributed by atoms with van der Waals surface area (Å²) in [7, 11) is -3.08. The third kappa shape index (κ3) is 12.6. The van der Waals surface area contributed by atoms with Gasteiger partial charge in [0.2, 0.25) is 0 Å². The lowest BCUT2D eigenvalue weighted by atomic mass is 9.65. The highest BCUT2D eigenvalue weighted by Gasteiger charge is 2.55. The first-order valence-corrected chi connectivity index (χ1v) is 48.9. The minimum absolute atomic E-state index is 0.465. The first kappa shape index (κ1) is 80.8. The number of rotatable bonds is 10. The molecule has 0 bridgehead atoms. The molecule has 3 aliphatic heterocycles. The zero-order valence-electron chi connectivity index (χ0n) is 74.0. The second-order valence-electron chi connectivity index (χ2n) is 35.4. The molecule has 5 heterocycles. The zero-order chi connectivity index (χ0) is 90.8. The molecule has 644 valence electrons. The second kappa shape index (κ2) is 32.7. The number of aromatic nitrogens is 4. The third-order valence-electron chi connectivity index (χ3n) is 28.4. The lowest BCUT2D eigenvalue weighted by Crippen LogP contribution is -2.32. The Balaban J connectivity index is 0.000000107. The molecule has 28 rings (SSSR count). The Hall–Kier alpha value is -17.1. The van der Waals surface area contributed by atoms with E-state index in [-0.39, 0.29) is 0 Å². The monoisotopic (exact) mass is 1790 g/mol. The van der Waals surface area contributed by atoms with Crippen molar-refractivity contribution < 1.29 is 18.8 Å². The van der Waals surface area contributed by atoms with E-state index in [1.165, 1.54) is 83.5 Å². The van der Waals surface area contributed by atoms with E-state index >= 15 is 4.57 Å². The molecular formula is C127H81N4O4PS. The molecule has 0 amide bonds. The van der Waals surface area contributed by atoms with Crippen molar-refractivity contribution in [3.05, 3.63) is 558 Å². The largest absolute Gasteiger partial charge is 0.456 e. The van der Waals surface area contributed by atoms with Gasteiger partial charge < -0.3 is 18.8 Å². The molecule has 3 aliphatic carbocycles. The van der Waals surface area contributed by atoms with E-state index < -0.39 is 23.4 Å². The van der Waals surface area contributed by atoms with Crippen LogP contribution in [0.25, 0.3) is 121 Å². The van der Waals surface area contributed by atoms with Gasteiger partial charge in [0.15, 0.2) is 13.0 Å². The fraction of sp³-hybridized carbons (Fsp3) is 0.0236. The number of ether oxygens (including phenoxy) is 3. The number of hydrogen-bond acceptors (Lipinski definition) is 9. The zero-order valence-corrected chi connectivity index (χ0v) is 75.8. The number of benzene rings is 20. The molecule has 137 heavy (non-hydrogen) atoms. The summed E-state index contributed by atoms with van der Waals surface area (Å²) in [6.07, 6.45) is 0. The van der Waals surface area contributed by atoms with Crippen LogP contribution >= 0.6 is 18.5 Å². The predicted octanol–water partition coefficient (Wildman–Crippen LogP) is 30.6. The smallest absolute Gasteiger partial charge is 0.171 e. The Morgan fingerprint density at radius 3 is 0.898 bits per heavy atom. The summed E-state index contributed by atoms with van der Waals surface area (Å²) in [6.45, 7) is 0. The van der Waals surface area contributed by atoms with E-state index in [0.717, 1.165) is 149 Å². The van der Waals surface area contributed by atoms with Crippen LogP contribution in [0.4, 0.5) is 0 Å². The standard InChI is InChI=1S/C45H28N2O.C43H29O2P.C39H24N2OS/c1-2-14-29(15-3-1)42-35-20-6-10-26-40(35)46-44(47-42)31-17-12-16-30(28-31)32-21-13-25-39-43(32)48-41-27-11-9-24-38(41)45(39)36-22-7-4-18-33(36)34-19-5-8-23-37(34)45;44-46(31-14-3-1-4-15-31,32-16-5-2-6-17-32)33-28-26-30(27-29-33)34-20-13-24-40-42(34)45-41-25-12-11-23-39(41)43(40)37-21-9-7-18-35(37)36-19-8-10-22-38(36)43;1-2-11-26(12-3-1)37-40-41-38(43-37)27-23-21-25(22-24-27)28-15-10-19-34-36(28)42-35-20-9-8-18-33(35)39(34)31-16-6-4-13-29(31)30-14-5-7-17-32(30)39/h1-28H;1-29H;1-24H. The van der Waals surface area contributed by atoms with Gasteiger partial charge in [0.1, 0.15) is 44.5 Å². The molecule has 0 N–H and O–H groups in total. The van der Waals surface area contributed by atoms with Crippen LogP contribution in [0.5, 0.6) is 34.5 Å². The van der Waals surface area contributed by atoms with Crippen LogP contribution in [0.2, 0.25) is 0 Å². The van der Waals surface area contributed by atoms with Crippen molar-refractivity contribution in [3.63, 3.8) is 0 Å². The Morgan fingerprint density at radius 2 is 0.489 bits per heavy atom. The van der Waals surface area contributed by atoms with E-state index in [9.17, 15) is 0 Å². The fourth-order valence-corrected chi connectivity index (χ4v) is 26.1. The van der Waals surface area contributed by atoms with E-state index in [2.05, 4.69) is 386 Å². The maximum atomic E-state index is 15.0. The van der Waals surface area contributed by atoms with Crippen LogP contribution in [0.1, 0.15) is 66.8 Å². The van der Waals surface area contributed by atoms with Gasteiger partial charge in [-0.25, -0.2) is 9.97 Å². The molecular weight excluding hydrogens is 1710 g/mol. The first-order chi connectivity index (χ1) is 67.8. The molecule has 8 nitrogen and oxygen atoms in total. The number of nitrogens with zero attached hydrogens (tertiary/aromatic N) is 4. The molecule has 2 aromatic heterocycles.